The summed E-state index contributed by atoms with van der Waals surface area (Å²) in [7, 11) is 0. The van der Waals surface area contributed by atoms with E-state index in [4.69, 9.17) is 5.73 Å². The predicted octanol–water partition coefficient (Wildman–Crippen LogP) is 2.98. The van der Waals surface area contributed by atoms with Gasteiger partial charge in [0.05, 0.1) is 17.8 Å². The molecule has 1 heterocycles. The molecular weight excluding hydrogens is 289 g/mol. The molecule has 0 atom stereocenters. The van der Waals surface area contributed by atoms with Crippen LogP contribution in [0.25, 0.3) is 0 Å². The van der Waals surface area contributed by atoms with Crippen LogP contribution < -0.4 is 5.73 Å². The smallest absolute Gasteiger partial charge is 0.381 e. The number of benzene rings is 1. The van der Waals surface area contributed by atoms with E-state index in [1.54, 1.807) is 17.7 Å². The number of aryl methyl sites for hydroxylation is 1. The van der Waals surface area contributed by atoms with Crippen molar-refractivity contribution in [1.29, 1.82) is 0 Å². The quantitative estimate of drug-likeness (QED) is 0.882. The van der Waals surface area contributed by atoms with Crippen LogP contribution in [-0.4, -0.2) is 20.7 Å². The van der Waals surface area contributed by atoms with Gasteiger partial charge in [0.1, 0.15) is 0 Å². The first-order valence-electron chi connectivity index (χ1n) is 5.83. The van der Waals surface area contributed by atoms with Gasteiger partial charge in [0.15, 0.2) is 5.82 Å². The first kappa shape index (κ1) is 14.7. The van der Waals surface area contributed by atoms with Gasteiger partial charge < -0.3 is 5.73 Å². The second-order valence-electron chi connectivity index (χ2n) is 4.16. The van der Waals surface area contributed by atoms with E-state index >= 15 is 0 Å². The zero-order valence-corrected chi connectivity index (χ0v) is 11.5. The number of thioether (sulfide) groups is 1. The van der Waals surface area contributed by atoms with Crippen LogP contribution in [0.4, 0.5) is 19.0 Å². The molecule has 0 spiro atoms. The molecule has 0 unspecified atom stereocenters. The molecule has 0 aliphatic carbocycles. The second-order valence-corrected chi connectivity index (χ2v) is 5.33. The molecule has 0 saturated heterocycles. The number of rotatable bonds is 4. The number of nitrogens with two attached hydrogens (primary N) is 1. The number of anilines is 1. The summed E-state index contributed by atoms with van der Waals surface area (Å²) >= 11 is 1.33. The molecular formula is C12H13F3N4S. The number of halogens is 3. The van der Waals surface area contributed by atoms with Crippen molar-refractivity contribution < 1.29 is 13.2 Å². The minimum Gasteiger partial charge on any atom is -0.381 e. The van der Waals surface area contributed by atoms with Gasteiger partial charge in [-0.25, -0.2) is 4.68 Å². The first-order chi connectivity index (χ1) is 9.38. The van der Waals surface area contributed by atoms with Crippen LogP contribution >= 0.6 is 11.8 Å². The maximum atomic E-state index is 12.6. The molecule has 0 amide bonds. The van der Waals surface area contributed by atoms with Gasteiger partial charge in [0.2, 0.25) is 0 Å². The Balaban J connectivity index is 1.96. The highest BCUT2D eigenvalue weighted by molar-refractivity contribution is 7.99. The van der Waals surface area contributed by atoms with Gasteiger partial charge >= 0.3 is 6.18 Å². The summed E-state index contributed by atoms with van der Waals surface area (Å²) in [5, 5.41) is 7.57. The van der Waals surface area contributed by atoms with E-state index in [1.807, 2.05) is 0 Å². The summed E-state index contributed by atoms with van der Waals surface area (Å²) < 4.78 is 39.3. The van der Waals surface area contributed by atoms with Gasteiger partial charge in [-0.2, -0.15) is 13.2 Å². The molecule has 4 nitrogen and oxygen atoms in total. The lowest BCUT2D eigenvalue weighted by Crippen LogP contribution is -2.06. The zero-order valence-electron chi connectivity index (χ0n) is 10.7. The predicted molar refractivity (Wildman–Crippen MR) is 71.3 cm³/mol. The van der Waals surface area contributed by atoms with Crippen LogP contribution in [0.2, 0.25) is 0 Å². The van der Waals surface area contributed by atoms with Crippen molar-refractivity contribution in [1.82, 2.24) is 15.0 Å². The average Bonchev–Trinajstić information content (AvgIpc) is 2.70. The monoisotopic (exact) mass is 302 g/mol. The van der Waals surface area contributed by atoms with E-state index in [-0.39, 0.29) is 0 Å². The SMILES string of the molecule is Cc1c(N)nnn1CCSc1cccc(C(F)(F)F)c1. The number of hydrogen-bond donors (Lipinski definition) is 1. The van der Waals surface area contributed by atoms with Crippen LogP contribution in [0.3, 0.4) is 0 Å². The highest BCUT2D eigenvalue weighted by atomic mass is 32.2. The molecule has 8 heteroatoms. The van der Waals surface area contributed by atoms with Crippen molar-refractivity contribution in [2.24, 2.45) is 0 Å². The summed E-state index contributed by atoms with van der Waals surface area (Å²) in [6, 6.07) is 5.27. The fourth-order valence-electron chi connectivity index (χ4n) is 1.60. The van der Waals surface area contributed by atoms with Crippen LogP contribution in [0.5, 0.6) is 0 Å². The van der Waals surface area contributed by atoms with Gasteiger partial charge in [-0.3, -0.25) is 0 Å². The molecule has 1 aromatic carbocycles. The Morgan fingerprint density at radius 2 is 2.10 bits per heavy atom. The standard InChI is InChI=1S/C12H13F3N4S/c1-8-11(16)17-18-19(8)5-6-20-10-4-2-3-9(7-10)12(13,14)15/h2-4,7H,5-6,16H2,1H3. The van der Waals surface area contributed by atoms with E-state index < -0.39 is 11.7 Å². The molecule has 2 N–H and O–H groups in total. The van der Waals surface area contributed by atoms with Crippen LogP contribution in [0.1, 0.15) is 11.3 Å². The van der Waals surface area contributed by atoms with Crippen molar-refractivity contribution in [3.63, 3.8) is 0 Å². The van der Waals surface area contributed by atoms with Gasteiger partial charge in [0, 0.05) is 10.6 Å². The minimum atomic E-state index is -4.31. The van der Waals surface area contributed by atoms with Crippen LogP contribution in [-0.2, 0) is 12.7 Å². The normalized spacial score (nSPS) is 11.8. The molecule has 20 heavy (non-hydrogen) atoms. The van der Waals surface area contributed by atoms with Gasteiger partial charge in [-0.15, -0.1) is 16.9 Å². The third kappa shape index (κ3) is 3.44. The zero-order chi connectivity index (χ0) is 14.8. The van der Waals surface area contributed by atoms with Crippen molar-refractivity contribution in [2.45, 2.75) is 24.5 Å². The lowest BCUT2D eigenvalue weighted by molar-refractivity contribution is -0.137. The third-order valence-electron chi connectivity index (χ3n) is 2.75. The number of hydrogen-bond acceptors (Lipinski definition) is 4. The van der Waals surface area contributed by atoms with Crippen molar-refractivity contribution in [3.05, 3.63) is 35.5 Å². The molecule has 0 aliphatic heterocycles. The molecule has 1 aromatic heterocycles. The van der Waals surface area contributed by atoms with E-state index in [9.17, 15) is 13.2 Å². The molecule has 0 saturated carbocycles. The van der Waals surface area contributed by atoms with Gasteiger partial charge in [-0.1, -0.05) is 11.3 Å². The lowest BCUT2D eigenvalue weighted by Gasteiger charge is -2.08. The summed E-state index contributed by atoms with van der Waals surface area (Å²) in [5.74, 6) is 0.958. The summed E-state index contributed by atoms with van der Waals surface area (Å²) in [4.78, 5) is 0.575. The topological polar surface area (TPSA) is 56.7 Å². The highest BCUT2D eigenvalue weighted by Gasteiger charge is 2.30. The summed E-state index contributed by atoms with van der Waals surface area (Å²) in [5.41, 5.74) is 5.69. The van der Waals surface area contributed by atoms with Gasteiger partial charge in [-0.05, 0) is 25.1 Å². The fourth-order valence-corrected chi connectivity index (χ4v) is 2.48. The van der Waals surface area contributed by atoms with E-state index in [2.05, 4.69) is 10.3 Å². The minimum absolute atomic E-state index is 0.370. The molecule has 108 valence electrons. The van der Waals surface area contributed by atoms with Crippen LogP contribution in [0.15, 0.2) is 29.2 Å². The molecule has 2 rings (SSSR count). The summed E-state index contributed by atoms with van der Waals surface area (Å²) in [6.45, 7) is 2.33. The van der Waals surface area contributed by atoms with Gasteiger partial charge in [0.25, 0.3) is 0 Å². The van der Waals surface area contributed by atoms with Crippen molar-refractivity contribution >= 4 is 17.6 Å². The number of nitrogens with zero attached hydrogens (tertiary/aromatic N) is 3. The summed E-state index contributed by atoms with van der Waals surface area (Å²) in [6.07, 6.45) is -4.31. The first-order valence-corrected chi connectivity index (χ1v) is 6.82. The molecule has 0 bridgehead atoms. The van der Waals surface area contributed by atoms with E-state index in [0.717, 1.165) is 17.8 Å². The van der Waals surface area contributed by atoms with E-state index in [1.165, 1.54) is 17.8 Å². The lowest BCUT2D eigenvalue weighted by atomic mass is 10.2. The number of alkyl halides is 3. The Bertz CT molecular complexity index is 595. The maximum absolute atomic E-state index is 12.6. The Morgan fingerprint density at radius 1 is 1.35 bits per heavy atom. The Labute approximate surface area is 118 Å². The molecule has 2 aromatic rings. The largest absolute Gasteiger partial charge is 0.416 e. The second kappa shape index (κ2) is 5.74. The molecule has 0 aliphatic rings. The Kier molecular flexibility index (Phi) is 4.22. The van der Waals surface area contributed by atoms with Crippen molar-refractivity contribution in [2.75, 3.05) is 11.5 Å². The van der Waals surface area contributed by atoms with Crippen LogP contribution in [0, 0.1) is 6.92 Å². The van der Waals surface area contributed by atoms with E-state index in [0.29, 0.717) is 23.0 Å². The Morgan fingerprint density at radius 3 is 2.70 bits per heavy atom. The third-order valence-corrected chi connectivity index (χ3v) is 3.73. The maximum Gasteiger partial charge on any atom is 0.416 e. The molecule has 0 fully saturated rings. The number of aromatic nitrogens is 3. The van der Waals surface area contributed by atoms with Crippen molar-refractivity contribution in [3.8, 4) is 0 Å². The fraction of sp³-hybridized carbons (Fsp3) is 0.333. The number of nitrogen functional groups attached to an aromatic ring is 1. The molecule has 0 radical (unpaired) electrons. The highest BCUT2D eigenvalue weighted by Crippen LogP contribution is 2.31. The average molecular weight is 302 g/mol. The Hall–Kier alpha value is -1.70.